The number of halogens is 2. The standard InChI is InChI=1S/C21H25Cl2NOS/c1-15(2)17-7-5-16(6-8-17)4-3-11-24-21(25)14-26-13-18-9-10-19(22)12-20(18)23/h5-10,12,15H,3-4,11,13-14H2,1-2H3,(H,24,25). The first-order chi connectivity index (χ1) is 12.5. The van der Waals surface area contributed by atoms with Gasteiger partial charge in [-0.2, -0.15) is 0 Å². The fraction of sp³-hybridized carbons (Fsp3) is 0.381. The molecule has 0 atom stereocenters. The lowest BCUT2D eigenvalue weighted by Gasteiger charge is -2.08. The van der Waals surface area contributed by atoms with Gasteiger partial charge >= 0.3 is 0 Å². The van der Waals surface area contributed by atoms with E-state index in [1.807, 2.05) is 12.1 Å². The number of hydrogen-bond acceptors (Lipinski definition) is 2. The van der Waals surface area contributed by atoms with Crippen LogP contribution in [0.2, 0.25) is 10.0 Å². The van der Waals surface area contributed by atoms with E-state index in [1.165, 1.54) is 11.1 Å². The molecule has 2 rings (SSSR count). The van der Waals surface area contributed by atoms with Gasteiger partial charge in [0.1, 0.15) is 0 Å². The van der Waals surface area contributed by atoms with E-state index < -0.39 is 0 Å². The van der Waals surface area contributed by atoms with Crippen LogP contribution in [0, 0.1) is 0 Å². The lowest BCUT2D eigenvalue weighted by molar-refractivity contribution is -0.118. The van der Waals surface area contributed by atoms with Crippen molar-refractivity contribution in [1.82, 2.24) is 5.32 Å². The van der Waals surface area contributed by atoms with Crippen molar-refractivity contribution in [3.8, 4) is 0 Å². The lowest BCUT2D eigenvalue weighted by Crippen LogP contribution is -2.26. The van der Waals surface area contributed by atoms with Gasteiger partial charge in [-0.05, 0) is 47.6 Å². The number of thioether (sulfide) groups is 1. The van der Waals surface area contributed by atoms with Crippen LogP contribution >= 0.6 is 35.0 Å². The maximum absolute atomic E-state index is 11.9. The molecule has 0 unspecified atom stereocenters. The van der Waals surface area contributed by atoms with Gasteiger partial charge in [-0.1, -0.05) is 67.4 Å². The monoisotopic (exact) mass is 409 g/mol. The summed E-state index contributed by atoms with van der Waals surface area (Å²) in [4.78, 5) is 11.9. The van der Waals surface area contributed by atoms with Crippen LogP contribution in [0.4, 0.5) is 0 Å². The van der Waals surface area contributed by atoms with E-state index in [0.717, 1.165) is 18.4 Å². The number of nitrogens with one attached hydrogen (secondary N) is 1. The van der Waals surface area contributed by atoms with Crippen LogP contribution in [0.15, 0.2) is 42.5 Å². The molecule has 0 fully saturated rings. The molecule has 0 saturated heterocycles. The van der Waals surface area contributed by atoms with Crippen LogP contribution in [0.3, 0.4) is 0 Å². The Morgan fingerprint density at radius 3 is 2.50 bits per heavy atom. The molecule has 1 amide bonds. The minimum absolute atomic E-state index is 0.0650. The predicted molar refractivity (Wildman–Crippen MR) is 114 cm³/mol. The first kappa shape index (κ1) is 21.1. The summed E-state index contributed by atoms with van der Waals surface area (Å²) < 4.78 is 0. The zero-order valence-electron chi connectivity index (χ0n) is 15.2. The topological polar surface area (TPSA) is 29.1 Å². The maximum atomic E-state index is 11.9. The minimum Gasteiger partial charge on any atom is -0.355 e. The second-order valence-electron chi connectivity index (χ2n) is 6.58. The van der Waals surface area contributed by atoms with Gasteiger partial charge in [0.2, 0.25) is 5.91 Å². The van der Waals surface area contributed by atoms with Gasteiger partial charge in [0.25, 0.3) is 0 Å². The van der Waals surface area contributed by atoms with Gasteiger partial charge in [-0.3, -0.25) is 4.79 Å². The highest BCUT2D eigenvalue weighted by molar-refractivity contribution is 7.99. The van der Waals surface area contributed by atoms with Crippen molar-refractivity contribution in [3.05, 3.63) is 69.2 Å². The second kappa shape index (κ2) is 10.9. The molecule has 0 aliphatic carbocycles. The minimum atomic E-state index is 0.0650. The maximum Gasteiger partial charge on any atom is 0.230 e. The van der Waals surface area contributed by atoms with Crippen LogP contribution in [0.25, 0.3) is 0 Å². The highest BCUT2D eigenvalue weighted by Gasteiger charge is 2.05. The SMILES string of the molecule is CC(C)c1ccc(CCCNC(=O)CSCc2ccc(Cl)cc2Cl)cc1. The molecular formula is C21H25Cl2NOS. The Balaban J connectivity index is 1.61. The van der Waals surface area contributed by atoms with Gasteiger partial charge in [0.05, 0.1) is 5.75 Å². The summed E-state index contributed by atoms with van der Waals surface area (Å²) in [5.74, 6) is 1.76. The van der Waals surface area contributed by atoms with Crippen LogP contribution in [0.1, 0.15) is 42.9 Å². The molecule has 0 aliphatic heterocycles. The summed E-state index contributed by atoms with van der Waals surface area (Å²) in [5.41, 5.74) is 3.67. The molecule has 2 nitrogen and oxygen atoms in total. The van der Waals surface area contributed by atoms with Crippen LogP contribution in [-0.4, -0.2) is 18.2 Å². The first-order valence-electron chi connectivity index (χ1n) is 8.83. The van der Waals surface area contributed by atoms with Crippen LogP contribution in [-0.2, 0) is 17.0 Å². The Hall–Kier alpha value is -1.16. The van der Waals surface area contributed by atoms with E-state index in [0.29, 0.717) is 34.0 Å². The number of rotatable bonds is 9. The Bertz CT molecular complexity index is 716. The summed E-state index contributed by atoms with van der Waals surface area (Å²) in [7, 11) is 0. The highest BCUT2D eigenvalue weighted by atomic mass is 35.5. The highest BCUT2D eigenvalue weighted by Crippen LogP contribution is 2.24. The average molecular weight is 410 g/mol. The Morgan fingerprint density at radius 2 is 1.85 bits per heavy atom. The number of benzene rings is 2. The van der Waals surface area contributed by atoms with E-state index in [1.54, 1.807) is 17.8 Å². The third-order valence-electron chi connectivity index (χ3n) is 4.12. The number of aryl methyl sites for hydroxylation is 1. The van der Waals surface area contributed by atoms with Crippen molar-refractivity contribution < 1.29 is 4.79 Å². The molecule has 0 saturated carbocycles. The van der Waals surface area contributed by atoms with Crippen molar-refractivity contribution >= 4 is 40.9 Å². The molecule has 0 radical (unpaired) electrons. The van der Waals surface area contributed by atoms with Crippen molar-refractivity contribution in [3.63, 3.8) is 0 Å². The van der Waals surface area contributed by atoms with Crippen molar-refractivity contribution in [2.24, 2.45) is 0 Å². The molecule has 2 aromatic rings. The van der Waals surface area contributed by atoms with Gasteiger partial charge in [0, 0.05) is 22.3 Å². The van der Waals surface area contributed by atoms with Gasteiger partial charge < -0.3 is 5.32 Å². The molecule has 0 aliphatic rings. The molecule has 1 N–H and O–H groups in total. The molecule has 2 aromatic carbocycles. The molecule has 26 heavy (non-hydrogen) atoms. The van der Waals surface area contributed by atoms with E-state index in [4.69, 9.17) is 23.2 Å². The zero-order valence-corrected chi connectivity index (χ0v) is 17.6. The fourth-order valence-electron chi connectivity index (χ4n) is 2.53. The van der Waals surface area contributed by atoms with Crippen molar-refractivity contribution in [1.29, 1.82) is 0 Å². The quantitative estimate of drug-likeness (QED) is 0.506. The van der Waals surface area contributed by atoms with E-state index in [9.17, 15) is 4.79 Å². The fourth-order valence-corrected chi connectivity index (χ4v) is 3.95. The molecular weight excluding hydrogens is 385 g/mol. The number of carbonyl (C=O) groups excluding carboxylic acids is 1. The second-order valence-corrected chi connectivity index (χ2v) is 8.41. The summed E-state index contributed by atoms with van der Waals surface area (Å²) in [6.07, 6.45) is 1.92. The van der Waals surface area contributed by atoms with Crippen molar-refractivity contribution in [2.45, 2.75) is 38.4 Å². The molecule has 0 bridgehead atoms. The summed E-state index contributed by atoms with van der Waals surface area (Å²) in [6, 6.07) is 14.2. The summed E-state index contributed by atoms with van der Waals surface area (Å²) in [5, 5.41) is 4.25. The smallest absolute Gasteiger partial charge is 0.230 e. The average Bonchev–Trinajstić information content (AvgIpc) is 2.61. The normalized spacial score (nSPS) is 11.0. The molecule has 0 heterocycles. The van der Waals surface area contributed by atoms with Crippen LogP contribution < -0.4 is 5.32 Å². The molecule has 140 valence electrons. The molecule has 0 spiro atoms. The lowest BCUT2D eigenvalue weighted by atomic mass is 10.0. The van der Waals surface area contributed by atoms with Crippen molar-refractivity contribution in [2.75, 3.05) is 12.3 Å². The van der Waals surface area contributed by atoms with Gasteiger partial charge in [0.15, 0.2) is 0 Å². The summed E-state index contributed by atoms with van der Waals surface area (Å²) in [6.45, 7) is 5.10. The van der Waals surface area contributed by atoms with Crippen LogP contribution in [0.5, 0.6) is 0 Å². The first-order valence-corrected chi connectivity index (χ1v) is 10.7. The number of carbonyl (C=O) groups is 1. The third kappa shape index (κ3) is 7.22. The third-order valence-corrected chi connectivity index (χ3v) is 5.69. The molecule has 0 aromatic heterocycles. The Labute approximate surface area is 170 Å². The largest absolute Gasteiger partial charge is 0.355 e. The van der Waals surface area contributed by atoms with E-state index >= 15 is 0 Å². The summed E-state index contributed by atoms with van der Waals surface area (Å²) >= 11 is 13.6. The predicted octanol–water partition coefficient (Wildman–Crippen LogP) is 6.10. The van der Waals surface area contributed by atoms with Gasteiger partial charge in [-0.25, -0.2) is 0 Å². The number of amides is 1. The molecule has 5 heteroatoms. The van der Waals surface area contributed by atoms with Gasteiger partial charge in [-0.15, -0.1) is 11.8 Å². The van der Waals surface area contributed by atoms with E-state index in [2.05, 4.69) is 43.4 Å². The zero-order chi connectivity index (χ0) is 18.9. The number of hydrogen-bond donors (Lipinski definition) is 1. The Kier molecular flexibility index (Phi) is 8.83. The van der Waals surface area contributed by atoms with E-state index in [-0.39, 0.29) is 5.91 Å². The Morgan fingerprint density at radius 1 is 1.12 bits per heavy atom.